The van der Waals surface area contributed by atoms with E-state index in [0.29, 0.717) is 30.0 Å². The molecule has 5 aliphatic rings. The van der Waals surface area contributed by atoms with Crippen molar-refractivity contribution in [1.82, 2.24) is 0 Å². The lowest BCUT2D eigenvalue weighted by atomic mass is 9.32. The van der Waals surface area contributed by atoms with E-state index < -0.39 is 5.41 Å². The molecular formula is C30H46O4. The summed E-state index contributed by atoms with van der Waals surface area (Å²) in [5, 5.41) is 0. The summed E-state index contributed by atoms with van der Waals surface area (Å²) in [4.78, 5) is 39.0. The Morgan fingerprint density at radius 1 is 0.824 bits per heavy atom. The van der Waals surface area contributed by atoms with Gasteiger partial charge >= 0.3 is 5.97 Å². The molecule has 0 radical (unpaired) electrons. The van der Waals surface area contributed by atoms with Crippen LogP contribution in [0.3, 0.4) is 0 Å². The van der Waals surface area contributed by atoms with Crippen molar-refractivity contribution in [2.45, 2.75) is 106 Å². The minimum absolute atomic E-state index is 0.0120. The summed E-state index contributed by atoms with van der Waals surface area (Å²) in [5.41, 5.74) is -0.243. The van der Waals surface area contributed by atoms with Crippen LogP contribution >= 0.6 is 0 Å². The van der Waals surface area contributed by atoms with E-state index in [9.17, 15) is 14.4 Å². The smallest absolute Gasteiger partial charge is 0.312 e. The Bertz CT molecular complexity index is 921. The van der Waals surface area contributed by atoms with Gasteiger partial charge in [0, 0.05) is 17.8 Å². The highest BCUT2D eigenvalue weighted by Gasteiger charge is 2.72. The number of fused-ring (bicyclic) bond motifs is 7. The fraction of sp³-hybridized carbons (Fsp3) is 0.900. The van der Waals surface area contributed by atoms with Crippen molar-refractivity contribution < 1.29 is 19.1 Å². The van der Waals surface area contributed by atoms with Gasteiger partial charge in [-0.05, 0) is 105 Å². The lowest BCUT2D eigenvalue weighted by molar-refractivity contribution is -0.236. The zero-order chi connectivity index (χ0) is 24.9. The van der Waals surface area contributed by atoms with E-state index in [1.165, 1.54) is 7.11 Å². The van der Waals surface area contributed by atoms with Gasteiger partial charge in [-0.3, -0.25) is 14.4 Å². The largest absolute Gasteiger partial charge is 0.469 e. The second kappa shape index (κ2) is 7.42. The van der Waals surface area contributed by atoms with Crippen LogP contribution in [0.1, 0.15) is 106 Å². The number of esters is 1. The maximum Gasteiger partial charge on any atom is 0.312 e. The Kier molecular flexibility index (Phi) is 5.34. The fourth-order valence-corrected chi connectivity index (χ4v) is 11.4. The van der Waals surface area contributed by atoms with Crippen molar-refractivity contribution in [2.75, 3.05) is 7.11 Å². The molecule has 5 rings (SSSR count). The molecule has 4 nitrogen and oxygen atoms in total. The van der Waals surface area contributed by atoms with Crippen LogP contribution in [0.2, 0.25) is 0 Å². The zero-order valence-corrected chi connectivity index (χ0v) is 22.6. The third-order valence-corrected chi connectivity index (χ3v) is 13.3. The highest BCUT2D eigenvalue weighted by Crippen LogP contribution is 2.77. The molecule has 0 aliphatic heterocycles. The van der Waals surface area contributed by atoms with Gasteiger partial charge in [-0.1, -0.05) is 34.6 Å². The number of carbonyl (C=O) groups is 3. The topological polar surface area (TPSA) is 60.4 Å². The molecule has 34 heavy (non-hydrogen) atoms. The molecule has 4 heteroatoms. The lowest BCUT2D eigenvalue weighted by Gasteiger charge is -2.72. The minimum atomic E-state index is -0.473. The van der Waals surface area contributed by atoms with Crippen LogP contribution in [-0.2, 0) is 19.1 Å². The van der Waals surface area contributed by atoms with Crippen LogP contribution in [0.25, 0.3) is 0 Å². The van der Waals surface area contributed by atoms with E-state index >= 15 is 0 Å². The molecule has 0 aromatic rings. The summed E-state index contributed by atoms with van der Waals surface area (Å²) in [5.74, 6) is 2.18. The quantitative estimate of drug-likeness (QED) is 0.438. The maximum absolute atomic E-state index is 13.3. The van der Waals surface area contributed by atoms with E-state index in [-0.39, 0.29) is 45.2 Å². The van der Waals surface area contributed by atoms with Gasteiger partial charge in [-0.2, -0.15) is 0 Å². The van der Waals surface area contributed by atoms with Gasteiger partial charge in [-0.15, -0.1) is 0 Å². The van der Waals surface area contributed by atoms with E-state index in [2.05, 4.69) is 34.6 Å². The number of rotatable bonds is 2. The van der Waals surface area contributed by atoms with Gasteiger partial charge in [-0.25, -0.2) is 0 Å². The first-order valence-electron chi connectivity index (χ1n) is 13.9. The zero-order valence-electron chi connectivity index (χ0n) is 22.6. The van der Waals surface area contributed by atoms with Gasteiger partial charge in [0.05, 0.1) is 12.5 Å². The van der Waals surface area contributed by atoms with Crippen LogP contribution in [0.5, 0.6) is 0 Å². The normalized spacial score (nSPS) is 51.5. The van der Waals surface area contributed by atoms with Crippen LogP contribution in [0.4, 0.5) is 0 Å². The molecule has 9 atom stereocenters. The summed E-state index contributed by atoms with van der Waals surface area (Å²) in [6, 6.07) is 0. The highest BCUT2D eigenvalue weighted by molar-refractivity contribution is 5.85. The highest BCUT2D eigenvalue weighted by atomic mass is 16.5. The molecule has 0 amide bonds. The number of Topliss-reactive ketones (excluding diaryl/α,β-unsaturated/α-hetero) is 2. The molecule has 190 valence electrons. The molecule has 0 saturated heterocycles. The van der Waals surface area contributed by atoms with Gasteiger partial charge < -0.3 is 4.74 Å². The molecule has 0 aromatic carbocycles. The molecule has 5 saturated carbocycles. The second-order valence-electron chi connectivity index (χ2n) is 14.2. The van der Waals surface area contributed by atoms with E-state index in [0.717, 1.165) is 57.8 Å². The maximum atomic E-state index is 13.3. The summed E-state index contributed by atoms with van der Waals surface area (Å²) >= 11 is 0. The lowest BCUT2D eigenvalue weighted by Crippen LogP contribution is -2.66. The first-order valence-corrected chi connectivity index (χ1v) is 13.9. The number of carbonyl (C=O) groups excluding carboxylic acids is 3. The van der Waals surface area contributed by atoms with E-state index in [4.69, 9.17) is 4.74 Å². The van der Waals surface area contributed by atoms with Crippen molar-refractivity contribution in [3.05, 3.63) is 0 Å². The van der Waals surface area contributed by atoms with E-state index in [1.54, 1.807) is 6.92 Å². The molecule has 0 spiro atoms. The van der Waals surface area contributed by atoms with Crippen LogP contribution < -0.4 is 0 Å². The summed E-state index contributed by atoms with van der Waals surface area (Å²) in [6.07, 6.45) is 9.80. The molecule has 0 heterocycles. The SMILES string of the molecule is COC(=O)[C@]12CC[C@@H](C(C)=O)[C@H]1[C@H]1CC[C@H]3[C@@]4(C)CCC(=O)C(C)(C)[C@@H]4CC[C@@]3(C)[C@]1(C)CC2. The van der Waals surface area contributed by atoms with Crippen molar-refractivity contribution >= 4 is 17.5 Å². The Balaban J connectivity index is 1.57. The Morgan fingerprint density at radius 3 is 2.18 bits per heavy atom. The summed E-state index contributed by atoms with van der Waals surface area (Å²) in [7, 11) is 1.52. The predicted octanol–water partition coefficient (Wildman–Crippen LogP) is 6.40. The fourth-order valence-electron chi connectivity index (χ4n) is 11.4. The third-order valence-electron chi connectivity index (χ3n) is 13.3. The number of hydrogen-bond acceptors (Lipinski definition) is 4. The first-order chi connectivity index (χ1) is 15.8. The Hall–Kier alpha value is -1.19. The summed E-state index contributed by atoms with van der Waals surface area (Å²) < 4.78 is 5.40. The minimum Gasteiger partial charge on any atom is -0.469 e. The van der Waals surface area contributed by atoms with Gasteiger partial charge in [0.2, 0.25) is 0 Å². The molecule has 0 N–H and O–H groups in total. The van der Waals surface area contributed by atoms with Crippen LogP contribution in [-0.4, -0.2) is 24.6 Å². The monoisotopic (exact) mass is 470 g/mol. The van der Waals surface area contributed by atoms with Crippen LogP contribution in [0, 0.1) is 56.7 Å². The Morgan fingerprint density at radius 2 is 1.53 bits per heavy atom. The average Bonchev–Trinajstić information content (AvgIpc) is 3.18. The molecule has 0 aromatic heterocycles. The van der Waals surface area contributed by atoms with E-state index in [1.807, 2.05) is 0 Å². The average molecular weight is 471 g/mol. The molecular weight excluding hydrogens is 424 g/mol. The van der Waals surface area contributed by atoms with Crippen LogP contribution in [0.15, 0.2) is 0 Å². The number of hydrogen-bond donors (Lipinski definition) is 0. The third kappa shape index (κ3) is 2.75. The van der Waals surface area contributed by atoms with Gasteiger partial charge in [0.15, 0.2) is 0 Å². The molecule has 5 aliphatic carbocycles. The second-order valence-corrected chi connectivity index (χ2v) is 14.2. The van der Waals surface area contributed by atoms with Crippen molar-refractivity contribution in [3.63, 3.8) is 0 Å². The van der Waals surface area contributed by atoms with Gasteiger partial charge in [0.1, 0.15) is 11.6 Å². The summed E-state index contributed by atoms with van der Waals surface area (Å²) in [6.45, 7) is 13.7. The number of ether oxygens (including phenoxy) is 1. The van der Waals surface area contributed by atoms with Crippen molar-refractivity contribution in [2.24, 2.45) is 56.7 Å². The number of ketones is 2. The molecule has 5 fully saturated rings. The van der Waals surface area contributed by atoms with Gasteiger partial charge in [0.25, 0.3) is 0 Å². The first kappa shape index (κ1) is 24.5. The Labute approximate surface area is 206 Å². The number of methoxy groups -OCH3 is 1. The standard InChI is InChI=1S/C30H46O4/c1-18(31)19-10-15-30(25(33)34-7)17-16-28(5)20(24(19)30)8-9-22-27(4)13-12-23(32)26(2,3)21(27)11-14-29(22,28)6/h19-22,24H,8-17H2,1-7H3/t19-,20+,21-,22-,24-,27-,28+,29+,30-/m0/s1. The molecule has 0 bridgehead atoms. The van der Waals surface area contributed by atoms with Crippen molar-refractivity contribution in [3.8, 4) is 0 Å². The van der Waals surface area contributed by atoms with Crippen molar-refractivity contribution in [1.29, 1.82) is 0 Å². The molecule has 0 unspecified atom stereocenters. The predicted molar refractivity (Wildman–Crippen MR) is 132 cm³/mol.